The number of carbonyl (C=O) groups is 1. The van der Waals surface area contributed by atoms with Crippen molar-refractivity contribution in [1.82, 2.24) is 0 Å². The molecule has 0 atom stereocenters. The first-order chi connectivity index (χ1) is 8.88. The second-order valence-electron chi connectivity index (χ2n) is 6.54. The average Bonchev–Trinajstić information content (AvgIpc) is 2.61. The molecule has 0 radical (unpaired) electrons. The first kappa shape index (κ1) is 12.6. The monoisotopic (exact) mass is 260 g/mol. The number of carbonyl (C=O) groups excluding carboxylic acids is 1. The Hall–Kier alpha value is -1.39. The number of benzene rings is 1. The van der Waals surface area contributed by atoms with Crippen molar-refractivity contribution in [3.05, 3.63) is 29.3 Å². The van der Waals surface area contributed by atoms with Gasteiger partial charge in [-0.1, -0.05) is 12.1 Å². The largest absolute Gasteiger partial charge is 0.379 e. The van der Waals surface area contributed by atoms with Crippen molar-refractivity contribution in [2.24, 2.45) is 5.73 Å². The molecule has 2 aliphatic heterocycles. The second-order valence-corrected chi connectivity index (χ2v) is 6.54. The van der Waals surface area contributed by atoms with Gasteiger partial charge >= 0.3 is 0 Å². The highest BCUT2D eigenvalue weighted by atomic mass is 16.5. The molecule has 4 nitrogen and oxygen atoms in total. The molecule has 19 heavy (non-hydrogen) atoms. The van der Waals surface area contributed by atoms with E-state index in [1.165, 1.54) is 5.56 Å². The Morgan fingerprint density at radius 1 is 1.42 bits per heavy atom. The fourth-order valence-corrected chi connectivity index (χ4v) is 3.15. The Morgan fingerprint density at radius 2 is 2.16 bits per heavy atom. The maximum Gasteiger partial charge on any atom is 0.228 e. The lowest BCUT2D eigenvalue weighted by atomic mass is 9.70. The van der Waals surface area contributed by atoms with E-state index in [9.17, 15) is 4.79 Å². The predicted octanol–water partition coefficient (Wildman–Crippen LogP) is 1.58. The number of amides is 1. The lowest BCUT2D eigenvalue weighted by molar-refractivity contribution is -0.115. The summed E-state index contributed by atoms with van der Waals surface area (Å²) in [5.74, 6) is 0.0743. The van der Waals surface area contributed by atoms with Crippen LogP contribution in [0.25, 0.3) is 0 Å². The van der Waals surface area contributed by atoms with Crippen molar-refractivity contribution >= 4 is 11.6 Å². The van der Waals surface area contributed by atoms with Crippen LogP contribution in [0.2, 0.25) is 0 Å². The van der Waals surface area contributed by atoms with Crippen molar-refractivity contribution in [2.45, 2.75) is 37.6 Å². The van der Waals surface area contributed by atoms with Crippen LogP contribution in [0.3, 0.4) is 0 Å². The van der Waals surface area contributed by atoms with Gasteiger partial charge in [0.15, 0.2) is 0 Å². The summed E-state index contributed by atoms with van der Waals surface area (Å²) in [5.41, 5.74) is 9.24. The topological polar surface area (TPSA) is 64.4 Å². The molecule has 2 aliphatic rings. The third-order valence-corrected chi connectivity index (χ3v) is 3.89. The zero-order chi connectivity index (χ0) is 13.7. The number of rotatable bonds is 3. The Kier molecular flexibility index (Phi) is 2.69. The zero-order valence-electron chi connectivity index (χ0n) is 11.5. The van der Waals surface area contributed by atoms with Crippen LogP contribution in [-0.4, -0.2) is 24.7 Å². The number of hydrogen-bond acceptors (Lipinski definition) is 3. The first-order valence-corrected chi connectivity index (χ1v) is 6.68. The summed E-state index contributed by atoms with van der Waals surface area (Å²) in [4.78, 5) is 11.4. The lowest BCUT2D eigenvalue weighted by Crippen LogP contribution is -2.53. The molecule has 102 valence electrons. The number of fused-ring (bicyclic) bond motifs is 1. The van der Waals surface area contributed by atoms with Crippen molar-refractivity contribution in [3.63, 3.8) is 0 Å². The highest BCUT2D eigenvalue weighted by molar-refractivity contribution is 5.99. The summed E-state index contributed by atoms with van der Waals surface area (Å²) >= 11 is 0. The summed E-state index contributed by atoms with van der Waals surface area (Å²) < 4.78 is 5.44. The fourth-order valence-electron chi connectivity index (χ4n) is 3.15. The second kappa shape index (κ2) is 4.05. The molecule has 2 heterocycles. The van der Waals surface area contributed by atoms with E-state index < -0.39 is 0 Å². The quantitative estimate of drug-likeness (QED) is 0.867. The van der Waals surface area contributed by atoms with Gasteiger partial charge in [0.05, 0.1) is 19.6 Å². The van der Waals surface area contributed by atoms with Crippen LogP contribution in [0, 0.1) is 0 Å². The Labute approximate surface area is 113 Å². The lowest BCUT2D eigenvalue weighted by Gasteiger charge is -2.45. The van der Waals surface area contributed by atoms with Gasteiger partial charge in [0.1, 0.15) is 0 Å². The Bertz CT molecular complexity index is 527. The van der Waals surface area contributed by atoms with E-state index in [4.69, 9.17) is 10.5 Å². The van der Waals surface area contributed by atoms with Gasteiger partial charge in [-0.05, 0) is 37.5 Å². The smallest absolute Gasteiger partial charge is 0.228 e. The molecular formula is C15H20N2O2. The summed E-state index contributed by atoms with van der Waals surface area (Å²) in [7, 11) is 0. The van der Waals surface area contributed by atoms with Crippen LogP contribution in [0.4, 0.5) is 5.69 Å². The molecule has 0 bridgehead atoms. The zero-order valence-corrected chi connectivity index (χ0v) is 11.5. The standard InChI is InChI=1S/C15H20N2O2/c1-14(2,16)7-15(8-19-9-15)11-3-4-12-10(5-11)6-13(18)17-12/h3-5H,6-9,16H2,1-2H3,(H,17,18). The highest BCUT2D eigenvalue weighted by Crippen LogP contribution is 2.40. The normalized spacial score (nSPS) is 20.7. The van der Waals surface area contributed by atoms with Gasteiger partial charge in [0.2, 0.25) is 5.91 Å². The van der Waals surface area contributed by atoms with E-state index in [-0.39, 0.29) is 16.9 Å². The van der Waals surface area contributed by atoms with Gasteiger partial charge in [0.25, 0.3) is 0 Å². The summed E-state index contributed by atoms with van der Waals surface area (Å²) in [6.45, 7) is 5.53. The van der Waals surface area contributed by atoms with Crippen LogP contribution in [0.1, 0.15) is 31.4 Å². The van der Waals surface area contributed by atoms with Crippen LogP contribution in [0.15, 0.2) is 18.2 Å². The van der Waals surface area contributed by atoms with E-state index in [2.05, 4.69) is 17.4 Å². The average molecular weight is 260 g/mol. The third-order valence-electron chi connectivity index (χ3n) is 3.89. The maximum absolute atomic E-state index is 11.4. The molecule has 1 aromatic carbocycles. The van der Waals surface area contributed by atoms with Gasteiger partial charge in [-0.2, -0.15) is 0 Å². The molecule has 4 heteroatoms. The molecule has 0 saturated carbocycles. The van der Waals surface area contributed by atoms with Gasteiger partial charge in [-0.25, -0.2) is 0 Å². The third kappa shape index (κ3) is 2.26. The van der Waals surface area contributed by atoms with Gasteiger partial charge in [-0.3, -0.25) is 4.79 Å². The van der Waals surface area contributed by atoms with Crippen molar-refractivity contribution in [1.29, 1.82) is 0 Å². The van der Waals surface area contributed by atoms with E-state index >= 15 is 0 Å². The van der Waals surface area contributed by atoms with Crippen LogP contribution >= 0.6 is 0 Å². The fraction of sp³-hybridized carbons (Fsp3) is 0.533. The molecule has 3 N–H and O–H groups in total. The molecule has 3 rings (SSSR count). The molecule has 1 saturated heterocycles. The van der Waals surface area contributed by atoms with Gasteiger partial charge < -0.3 is 15.8 Å². The molecule has 0 aliphatic carbocycles. The Balaban J connectivity index is 1.93. The van der Waals surface area contributed by atoms with E-state index in [0.717, 1.165) is 17.7 Å². The Morgan fingerprint density at radius 3 is 2.74 bits per heavy atom. The van der Waals surface area contributed by atoms with E-state index in [1.807, 2.05) is 19.9 Å². The molecule has 0 unspecified atom stereocenters. The first-order valence-electron chi connectivity index (χ1n) is 6.68. The van der Waals surface area contributed by atoms with Crippen molar-refractivity contribution < 1.29 is 9.53 Å². The minimum Gasteiger partial charge on any atom is -0.379 e. The summed E-state index contributed by atoms with van der Waals surface area (Å²) in [5, 5.41) is 2.87. The van der Waals surface area contributed by atoms with E-state index in [1.54, 1.807) is 0 Å². The molecule has 0 aromatic heterocycles. The maximum atomic E-state index is 11.4. The predicted molar refractivity (Wildman–Crippen MR) is 74.2 cm³/mol. The van der Waals surface area contributed by atoms with Crippen molar-refractivity contribution in [2.75, 3.05) is 18.5 Å². The number of nitrogens with two attached hydrogens (primary N) is 1. The molecule has 0 spiro atoms. The van der Waals surface area contributed by atoms with Crippen molar-refractivity contribution in [3.8, 4) is 0 Å². The van der Waals surface area contributed by atoms with Crippen LogP contribution in [0.5, 0.6) is 0 Å². The highest BCUT2D eigenvalue weighted by Gasteiger charge is 2.43. The minimum absolute atomic E-state index is 0.0128. The number of nitrogens with one attached hydrogen (secondary N) is 1. The summed E-state index contributed by atoms with van der Waals surface area (Å²) in [6.07, 6.45) is 1.37. The number of hydrogen-bond donors (Lipinski definition) is 2. The number of ether oxygens (including phenoxy) is 1. The van der Waals surface area contributed by atoms with Crippen LogP contribution in [-0.2, 0) is 21.4 Å². The van der Waals surface area contributed by atoms with Crippen LogP contribution < -0.4 is 11.1 Å². The molecule has 1 amide bonds. The van der Waals surface area contributed by atoms with E-state index in [0.29, 0.717) is 19.6 Å². The number of anilines is 1. The molecule has 1 aromatic rings. The van der Waals surface area contributed by atoms with Gasteiger partial charge in [0, 0.05) is 16.6 Å². The minimum atomic E-state index is -0.225. The molecule has 1 fully saturated rings. The molecular weight excluding hydrogens is 240 g/mol. The van der Waals surface area contributed by atoms with Gasteiger partial charge in [-0.15, -0.1) is 0 Å². The summed E-state index contributed by atoms with van der Waals surface area (Å²) in [6, 6.07) is 6.24. The SMILES string of the molecule is CC(C)(N)CC1(c2ccc3c(c2)CC(=O)N3)COC1.